The summed E-state index contributed by atoms with van der Waals surface area (Å²) in [4.78, 5) is 54.1. The van der Waals surface area contributed by atoms with Crippen LogP contribution in [0, 0.1) is 17.8 Å². The molecule has 14 nitrogen and oxygen atoms in total. The van der Waals surface area contributed by atoms with Gasteiger partial charge in [-0.15, -0.1) is 0 Å². The lowest BCUT2D eigenvalue weighted by atomic mass is 9.76. The number of nitrogens with zero attached hydrogens (tertiary/aromatic N) is 1. The van der Waals surface area contributed by atoms with Crippen molar-refractivity contribution in [1.29, 1.82) is 0 Å². The maximum atomic E-state index is 13.7. The van der Waals surface area contributed by atoms with Crippen LogP contribution in [0.3, 0.4) is 0 Å². The topological polar surface area (TPSA) is 179 Å². The number of likely N-dealkylation sites (N-methyl/N-ethyl adjacent to an activating group) is 1. The van der Waals surface area contributed by atoms with Gasteiger partial charge >= 0.3 is 11.9 Å². The Morgan fingerprint density at radius 3 is 2.26 bits per heavy atom. The molecule has 13 atom stereocenters. The second-order valence-electron chi connectivity index (χ2n) is 15.1. The van der Waals surface area contributed by atoms with Crippen LogP contribution in [-0.2, 0) is 47.6 Å². The highest BCUT2D eigenvalue weighted by Gasteiger charge is 2.52. The van der Waals surface area contributed by atoms with Crippen LogP contribution in [0.5, 0.6) is 0 Å². The van der Waals surface area contributed by atoms with Crippen LogP contribution in [-0.4, -0.2) is 126 Å². The zero-order chi connectivity index (χ0) is 37.9. The average molecular weight is 713 g/mol. The summed E-state index contributed by atoms with van der Waals surface area (Å²) in [5.41, 5.74) is -2.18. The third kappa shape index (κ3) is 9.50. The van der Waals surface area contributed by atoms with Crippen LogP contribution in [0.1, 0.15) is 88.5 Å². The number of cyclic esters (lactones) is 1. The third-order valence-electron chi connectivity index (χ3n) is 10.5. The molecule has 3 N–H and O–H groups in total. The van der Waals surface area contributed by atoms with Crippen molar-refractivity contribution in [2.75, 3.05) is 27.3 Å². The Bertz CT molecular complexity index is 1270. The van der Waals surface area contributed by atoms with Crippen LogP contribution in [0.15, 0.2) is 11.3 Å². The molecule has 0 radical (unpaired) electrons. The van der Waals surface area contributed by atoms with Gasteiger partial charge in [-0.2, -0.15) is 0 Å². The SMILES string of the molecule is CC[C@H]1OC(=O)[C@H](C)[C@@H](O)[C@H](C)[C@@H](O[C@@H]2O[C@H](C)C[C@H](N(C)C)[C@H]2OC(C)=O)[C@@]2(C)CC(C)=C(NC(C)=O)[C@H](C)[C@@H](OCC(=O)CO2)[C@]1(C)O. The Labute approximate surface area is 296 Å². The Hall–Kier alpha value is -2.46. The number of aliphatic hydroxyl groups is 2. The maximum absolute atomic E-state index is 13.7. The number of ether oxygens (including phenoxy) is 6. The number of esters is 2. The Morgan fingerprint density at radius 2 is 1.70 bits per heavy atom. The van der Waals surface area contributed by atoms with E-state index < -0.39 is 96.7 Å². The lowest BCUT2D eigenvalue weighted by Gasteiger charge is -2.48. The van der Waals surface area contributed by atoms with Crippen molar-refractivity contribution < 1.29 is 57.8 Å². The van der Waals surface area contributed by atoms with E-state index in [1.54, 1.807) is 27.7 Å². The van der Waals surface area contributed by atoms with Crippen LogP contribution in [0.25, 0.3) is 0 Å². The maximum Gasteiger partial charge on any atom is 0.311 e. The number of amides is 1. The van der Waals surface area contributed by atoms with Gasteiger partial charge in [0.25, 0.3) is 0 Å². The molecule has 3 aliphatic heterocycles. The molecule has 0 aromatic rings. The minimum absolute atomic E-state index is 0.0739. The molecule has 286 valence electrons. The highest BCUT2D eigenvalue weighted by atomic mass is 16.7. The van der Waals surface area contributed by atoms with E-state index in [4.69, 9.17) is 28.4 Å². The second kappa shape index (κ2) is 16.9. The average Bonchev–Trinajstić information content (AvgIpc) is 3.03. The van der Waals surface area contributed by atoms with Crippen molar-refractivity contribution in [3.63, 3.8) is 0 Å². The summed E-state index contributed by atoms with van der Waals surface area (Å²) >= 11 is 0. The minimum Gasteiger partial charge on any atom is -0.459 e. The van der Waals surface area contributed by atoms with Gasteiger partial charge in [0.05, 0.1) is 42.0 Å². The molecule has 0 aromatic carbocycles. The van der Waals surface area contributed by atoms with Crippen molar-refractivity contribution in [1.82, 2.24) is 10.2 Å². The molecule has 14 heteroatoms. The number of hydrogen-bond acceptors (Lipinski definition) is 13. The molecule has 1 saturated heterocycles. The highest BCUT2D eigenvalue weighted by molar-refractivity contribution is 5.81. The summed E-state index contributed by atoms with van der Waals surface area (Å²) < 4.78 is 37.5. The van der Waals surface area contributed by atoms with Gasteiger partial charge in [-0.25, -0.2) is 0 Å². The molecule has 0 saturated carbocycles. The summed E-state index contributed by atoms with van der Waals surface area (Å²) in [7, 11) is 3.74. The Morgan fingerprint density at radius 1 is 1.06 bits per heavy atom. The van der Waals surface area contributed by atoms with Gasteiger partial charge in [-0.3, -0.25) is 19.2 Å². The Balaban J connectivity index is 2.34. The fourth-order valence-electron chi connectivity index (χ4n) is 7.84. The quantitative estimate of drug-likeness (QED) is 0.342. The standard InChI is InChI=1S/C36H60N2O12/c1-13-27-36(10,44)32-20(4)28(37-23(7)39)18(2)15-35(9,46-17-25(41)16-45-32)31(21(5)29(42)22(6)33(43)49-27)50-34-30(48-24(8)40)26(38(11)12)14-19(3)47-34/h19-22,26-27,29-32,34,42,44H,13-17H2,1-12H3,(H,37,39)/t19-,20+,21+,22-,26+,27-,29+,30-,31-,32-,34+,35-,36-/m1/s1. The van der Waals surface area contributed by atoms with Crippen molar-refractivity contribution in [2.45, 2.75) is 149 Å². The molecule has 0 unspecified atom stereocenters. The normalized spacial score (nSPS) is 41.1. The van der Waals surface area contributed by atoms with E-state index in [1.165, 1.54) is 27.7 Å². The van der Waals surface area contributed by atoms with E-state index in [0.29, 0.717) is 17.7 Å². The van der Waals surface area contributed by atoms with E-state index in [0.717, 1.165) is 0 Å². The largest absolute Gasteiger partial charge is 0.459 e. The molecular weight excluding hydrogens is 652 g/mol. The number of nitrogens with one attached hydrogen (secondary N) is 1. The van der Waals surface area contributed by atoms with Gasteiger partial charge in [0.1, 0.15) is 24.9 Å². The van der Waals surface area contributed by atoms with Gasteiger partial charge in [0.15, 0.2) is 18.2 Å². The van der Waals surface area contributed by atoms with Gasteiger partial charge in [0.2, 0.25) is 5.91 Å². The number of aliphatic hydroxyl groups excluding tert-OH is 1. The highest BCUT2D eigenvalue weighted by Crippen LogP contribution is 2.41. The van der Waals surface area contributed by atoms with Crippen molar-refractivity contribution in [3.8, 4) is 0 Å². The number of ketones is 1. The summed E-state index contributed by atoms with van der Waals surface area (Å²) in [6.07, 6.45) is -6.20. The molecule has 0 aromatic heterocycles. The Kier molecular flexibility index (Phi) is 14.2. The fourth-order valence-corrected chi connectivity index (χ4v) is 7.84. The van der Waals surface area contributed by atoms with Crippen LogP contribution < -0.4 is 5.32 Å². The first-order chi connectivity index (χ1) is 23.1. The van der Waals surface area contributed by atoms with Crippen molar-refractivity contribution in [2.24, 2.45) is 17.8 Å². The summed E-state index contributed by atoms with van der Waals surface area (Å²) in [5.74, 6) is -4.76. The molecule has 1 amide bonds. The molecule has 0 spiro atoms. The lowest BCUT2D eigenvalue weighted by Crippen LogP contribution is -2.60. The van der Waals surface area contributed by atoms with E-state index in [2.05, 4.69) is 5.32 Å². The molecule has 50 heavy (non-hydrogen) atoms. The molecule has 3 aliphatic rings. The smallest absolute Gasteiger partial charge is 0.311 e. The molecule has 2 bridgehead atoms. The zero-order valence-corrected chi connectivity index (χ0v) is 31.8. The number of Topliss-reactive ketones (excluding diaryl/α,β-unsaturated/α-hetero) is 1. The van der Waals surface area contributed by atoms with Gasteiger partial charge < -0.3 is 48.9 Å². The number of fused-ring (bicyclic) bond motifs is 4. The number of hydrogen-bond donors (Lipinski definition) is 3. The van der Waals surface area contributed by atoms with Crippen LogP contribution in [0.2, 0.25) is 0 Å². The third-order valence-corrected chi connectivity index (χ3v) is 10.5. The monoisotopic (exact) mass is 712 g/mol. The van der Waals surface area contributed by atoms with Crippen LogP contribution >= 0.6 is 0 Å². The predicted molar refractivity (Wildman–Crippen MR) is 181 cm³/mol. The molecule has 3 rings (SSSR count). The lowest BCUT2D eigenvalue weighted by molar-refractivity contribution is -0.303. The van der Waals surface area contributed by atoms with E-state index >= 15 is 0 Å². The number of rotatable bonds is 6. The molecule has 1 fully saturated rings. The molecular formula is C36H60N2O12. The first-order valence-electron chi connectivity index (χ1n) is 17.6. The van der Waals surface area contributed by atoms with Crippen molar-refractivity contribution >= 4 is 23.6 Å². The van der Waals surface area contributed by atoms with Gasteiger partial charge in [0, 0.05) is 37.8 Å². The summed E-state index contributed by atoms with van der Waals surface area (Å²) in [6, 6.07) is -0.287. The summed E-state index contributed by atoms with van der Waals surface area (Å²) in [5, 5.41) is 26.9. The van der Waals surface area contributed by atoms with Crippen LogP contribution in [0.4, 0.5) is 0 Å². The number of carbonyl (C=O) groups excluding carboxylic acids is 4. The van der Waals surface area contributed by atoms with E-state index in [9.17, 15) is 29.4 Å². The zero-order valence-electron chi connectivity index (χ0n) is 31.8. The minimum atomic E-state index is -1.83. The first-order valence-corrected chi connectivity index (χ1v) is 17.6. The second-order valence-corrected chi connectivity index (χ2v) is 15.1. The number of carbonyl (C=O) groups is 4. The predicted octanol–water partition coefficient (Wildman–Crippen LogP) is 2.27. The fraction of sp³-hybridized carbons (Fsp3) is 0.833. The van der Waals surface area contributed by atoms with Crippen molar-refractivity contribution in [3.05, 3.63) is 11.3 Å². The summed E-state index contributed by atoms with van der Waals surface area (Å²) in [6.45, 7) is 15.5. The van der Waals surface area contributed by atoms with E-state index in [-0.39, 0.29) is 30.9 Å². The molecule has 3 heterocycles. The van der Waals surface area contributed by atoms with Gasteiger partial charge in [-0.05, 0) is 61.6 Å². The first kappa shape index (κ1) is 42.0. The van der Waals surface area contributed by atoms with E-state index in [1.807, 2.05) is 32.8 Å². The van der Waals surface area contributed by atoms with Gasteiger partial charge in [-0.1, -0.05) is 26.3 Å². The molecule has 0 aliphatic carbocycles.